The van der Waals surface area contributed by atoms with E-state index in [0.29, 0.717) is 5.82 Å². The molecule has 0 bridgehead atoms. The van der Waals surface area contributed by atoms with E-state index in [-0.39, 0.29) is 12.1 Å². The predicted octanol–water partition coefficient (Wildman–Crippen LogP) is 4.28. The number of nitrogens with zero attached hydrogens (tertiary/aromatic N) is 2. The van der Waals surface area contributed by atoms with Crippen LogP contribution in [0.3, 0.4) is 0 Å². The minimum absolute atomic E-state index is 0.0513. The first-order valence-corrected chi connectivity index (χ1v) is 9.19. The van der Waals surface area contributed by atoms with Crippen LogP contribution in [-0.2, 0) is 19.4 Å². The van der Waals surface area contributed by atoms with Crippen LogP contribution >= 0.6 is 11.3 Å². The number of hydrogen-bond donors (Lipinski definition) is 0. The SMILES string of the molecule is Cc1cccc(-c2nc3sc4c(c3c(=O)n2CCF)CCCC4)c1. The Labute approximate surface area is 143 Å². The van der Waals surface area contributed by atoms with Gasteiger partial charge in [-0.2, -0.15) is 0 Å². The van der Waals surface area contributed by atoms with Gasteiger partial charge in [0.05, 0.1) is 11.9 Å². The lowest BCUT2D eigenvalue weighted by Gasteiger charge is -2.13. The molecule has 4 rings (SSSR count). The number of fused-ring (bicyclic) bond motifs is 3. The topological polar surface area (TPSA) is 34.9 Å². The molecule has 0 amide bonds. The average Bonchev–Trinajstić information content (AvgIpc) is 2.96. The maximum absolute atomic E-state index is 13.1. The summed E-state index contributed by atoms with van der Waals surface area (Å²) in [7, 11) is 0. The highest BCUT2D eigenvalue weighted by molar-refractivity contribution is 7.18. The standard InChI is InChI=1S/C19H19FN2OS/c1-12-5-4-6-13(11-12)17-21-18-16(19(23)22(17)10-9-20)14-7-2-3-8-15(14)24-18/h4-6,11H,2-3,7-10H2,1H3. The minimum Gasteiger partial charge on any atom is -0.289 e. The van der Waals surface area contributed by atoms with Gasteiger partial charge in [0.2, 0.25) is 0 Å². The van der Waals surface area contributed by atoms with E-state index < -0.39 is 6.67 Å². The van der Waals surface area contributed by atoms with E-state index in [1.807, 2.05) is 31.2 Å². The van der Waals surface area contributed by atoms with E-state index in [4.69, 9.17) is 4.98 Å². The largest absolute Gasteiger partial charge is 0.289 e. The van der Waals surface area contributed by atoms with Crippen LogP contribution in [0.4, 0.5) is 4.39 Å². The van der Waals surface area contributed by atoms with Crippen LogP contribution < -0.4 is 5.56 Å². The predicted molar refractivity (Wildman–Crippen MR) is 96.7 cm³/mol. The highest BCUT2D eigenvalue weighted by Crippen LogP contribution is 2.34. The molecule has 0 radical (unpaired) electrons. The second-order valence-corrected chi connectivity index (χ2v) is 7.43. The second kappa shape index (κ2) is 6.13. The van der Waals surface area contributed by atoms with Crippen molar-refractivity contribution in [3.8, 4) is 11.4 Å². The number of halogens is 1. The van der Waals surface area contributed by atoms with Crippen molar-refractivity contribution in [2.45, 2.75) is 39.2 Å². The minimum atomic E-state index is -0.571. The summed E-state index contributed by atoms with van der Waals surface area (Å²) < 4.78 is 14.6. The van der Waals surface area contributed by atoms with Crippen molar-refractivity contribution < 1.29 is 4.39 Å². The Morgan fingerprint density at radius 1 is 1.29 bits per heavy atom. The molecular weight excluding hydrogens is 323 g/mol. The monoisotopic (exact) mass is 342 g/mol. The molecule has 24 heavy (non-hydrogen) atoms. The van der Waals surface area contributed by atoms with Gasteiger partial charge in [0.25, 0.3) is 5.56 Å². The lowest BCUT2D eigenvalue weighted by molar-refractivity contribution is 0.441. The number of aryl methyl sites for hydroxylation is 3. The molecule has 2 aromatic heterocycles. The summed E-state index contributed by atoms with van der Waals surface area (Å²) in [5.41, 5.74) is 3.03. The molecule has 0 atom stereocenters. The van der Waals surface area contributed by atoms with Gasteiger partial charge in [0, 0.05) is 10.4 Å². The first kappa shape index (κ1) is 15.5. The summed E-state index contributed by atoms with van der Waals surface area (Å²) in [6, 6.07) is 7.88. The fourth-order valence-electron chi connectivity index (χ4n) is 3.53. The van der Waals surface area contributed by atoms with Crippen LogP contribution in [0.2, 0.25) is 0 Å². The summed E-state index contributed by atoms with van der Waals surface area (Å²) in [6.07, 6.45) is 4.24. The molecule has 0 spiro atoms. The molecule has 0 unspecified atom stereocenters. The lowest BCUT2D eigenvalue weighted by atomic mass is 9.97. The van der Waals surface area contributed by atoms with Crippen molar-refractivity contribution in [3.63, 3.8) is 0 Å². The van der Waals surface area contributed by atoms with Crippen LogP contribution in [0, 0.1) is 6.92 Å². The smallest absolute Gasteiger partial charge is 0.262 e. The third-order valence-corrected chi connectivity index (χ3v) is 5.84. The molecule has 0 aliphatic heterocycles. The van der Waals surface area contributed by atoms with E-state index in [2.05, 4.69) is 0 Å². The molecule has 5 heteroatoms. The Balaban J connectivity index is 2.03. The van der Waals surface area contributed by atoms with Crippen LogP contribution in [-0.4, -0.2) is 16.2 Å². The van der Waals surface area contributed by atoms with E-state index in [9.17, 15) is 9.18 Å². The normalized spacial score (nSPS) is 14.1. The Hall–Kier alpha value is -2.01. The fraction of sp³-hybridized carbons (Fsp3) is 0.368. The zero-order valence-corrected chi connectivity index (χ0v) is 14.5. The van der Waals surface area contributed by atoms with Gasteiger partial charge in [-0.05, 0) is 44.2 Å². The summed E-state index contributed by atoms with van der Waals surface area (Å²) in [6.45, 7) is 1.48. The molecule has 3 nitrogen and oxygen atoms in total. The van der Waals surface area contributed by atoms with Crippen molar-refractivity contribution in [3.05, 3.63) is 50.6 Å². The van der Waals surface area contributed by atoms with Gasteiger partial charge in [-0.1, -0.05) is 23.8 Å². The Bertz CT molecular complexity index is 973. The maximum Gasteiger partial charge on any atom is 0.262 e. The highest BCUT2D eigenvalue weighted by atomic mass is 32.1. The van der Waals surface area contributed by atoms with Crippen molar-refractivity contribution in [1.82, 2.24) is 9.55 Å². The zero-order valence-electron chi connectivity index (χ0n) is 13.6. The third-order valence-electron chi connectivity index (χ3n) is 4.66. The maximum atomic E-state index is 13.1. The van der Waals surface area contributed by atoms with E-state index in [1.165, 1.54) is 15.9 Å². The third kappa shape index (κ3) is 2.47. The van der Waals surface area contributed by atoms with E-state index in [1.54, 1.807) is 11.3 Å². The number of thiophene rings is 1. The average molecular weight is 342 g/mol. The summed E-state index contributed by atoms with van der Waals surface area (Å²) in [4.78, 5) is 20.0. The van der Waals surface area contributed by atoms with Gasteiger partial charge in [-0.25, -0.2) is 9.37 Å². The summed E-state index contributed by atoms with van der Waals surface area (Å²) in [5.74, 6) is 0.576. The summed E-state index contributed by atoms with van der Waals surface area (Å²) in [5, 5.41) is 0.722. The molecule has 124 valence electrons. The quantitative estimate of drug-likeness (QED) is 0.712. The first-order valence-electron chi connectivity index (χ1n) is 8.37. The number of rotatable bonds is 3. The molecule has 0 saturated heterocycles. The van der Waals surface area contributed by atoms with Gasteiger partial charge in [-0.3, -0.25) is 9.36 Å². The highest BCUT2D eigenvalue weighted by Gasteiger charge is 2.22. The van der Waals surface area contributed by atoms with Gasteiger partial charge >= 0.3 is 0 Å². The molecule has 0 fully saturated rings. The van der Waals surface area contributed by atoms with Crippen molar-refractivity contribution >= 4 is 21.6 Å². The van der Waals surface area contributed by atoms with Crippen molar-refractivity contribution in [2.24, 2.45) is 0 Å². The van der Waals surface area contributed by atoms with Gasteiger partial charge < -0.3 is 0 Å². The Morgan fingerprint density at radius 2 is 2.12 bits per heavy atom. The fourth-order valence-corrected chi connectivity index (χ4v) is 4.79. The Morgan fingerprint density at radius 3 is 2.92 bits per heavy atom. The molecule has 1 aliphatic carbocycles. The van der Waals surface area contributed by atoms with Crippen molar-refractivity contribution in [2.75, 3.05) is 6.67 Å². The number of aromatic nitrogens is 2. The number of hydrogen-bond acceptors (Lipinski definition) is 3. The Kier molecular flexibility index (Phi) is 3.96. The van der Waals surface area contributed by atoms with Crippen LogP contribution in [0.1, 0.15) is 28.8 Å². The van der Waals surface area contributed by atoms with Gasteiger partial charge in [0.1, 0.15) is 17.3 Å². The molecule has 1 aliphatic rings. The lowest BCUT2D eigenvalue weighted by Crippen LogP contribution is -2.24. The first-order chi connectivity index (χ1) is 11.7. The van der Waals surface area contributed by atoms with E-state index >= 15 is 0 Å². The number of benzene rings is 1. The van der Waals surface area contributed by atoms with E-state index in [0.717, 1.165) is 46.2 Å². The van der Waals surface area contributed by atoms with Crippen LogP contribution in [0.25, 0.3) is 21.6 Å². The molecule has 0 saturated carbocycles. The summed E-state index contributed by atoms with van der Waals surface area (Å²) >= 11 is 1.64. The second-order valence-electron chi connectivity index (χ2n) is 6.34. The van der Waals surface area contributed by atoms with Crippen LogP contribution in [0.15, 0.2) is 29.1 Å². The molecule has 3 aromatic rings. The van der Waals surface area contributed by atoms with Gasteiger partial charge in [-0.15, -0.1) is 11.3 Å². The molecular formula is C19H19FN2OS. The van der Waals surface area contributed by atoms with Gasteiger partial charge in [0.15, 0.2) is 0 Å². The van der Waals surface area contributed by atoms with Crippen LogP contribution in [0.5, 0.6) is 0 Å². The number of alkyl halides is 1. The zero-order chi connectivity index (χ0) is 16.7. The molecule has 2 heterocycles. The van der Waals surface area contributed by atoms with Crippen molar-refractivity contribution in [1.29, 1.82) is 0 Å². The molecule has 1 aromatic carbocycles. The molecule has 0 N–H and O–H groups in total.